The summed E-state index contributed by atoms with van der Waals surface area (Å²) in [5, 5.41) is 5.17. The summed E-state index contributed by atoms with van der Waals surface area (Å²) in [6.45, 7) is 0. The first-order valence-corrected chi connectivity index (χ1v) is 10.5. The Morgan fingerprint density at radius 3 is 2.33 bits per heavy atom. The molecule has 0 saturated carbocycles. The molecule has 3 N–H and O–H groups in total. The first-order chi connectivity index (χ1) is 11.3. The van der Waals surface area contributed by atoms with Crippen LogP contribution in [0, 0.1) is 0 Å². The van der Waals surface area contributed by atoms with E-state index in [4.69, 9.17) is 5.14 Å². The van der Waals surface area contributed by atoms with Crippen molar-refractivity contribution in [2.24, 2.45) is 5.14 Å². The zero-order valence-electron chi connectivity index (χ0n) is 12.7. The van der Waals surface area contributed by atoms with E-state index in [0.29, 0.717) is 0 Å². The van der Waals surface area contributed by atoms with E-state index in [1.54, 1.807) is 23.9 Å². The largest absolute Gasteiger partial charge is 0.289 e. The Morgan fingerprint density at radius 2 is 1.79 bits per heavy atom. The molecule has 0 saturated heterocycles. The maximum Gasteiger partial charge on any atom is 0.266 e. The third-order valence-corrected chi connectivity index (χ3v) is 5.45. The molecule has 2 rings (SSSR count). The van der Waals surface area contributed by atoms with Gasteiger partial charge in [-0.25, -0.2) is 22.1 Å². The number of hydrogen-bond acceptors (Lipinski definition) is 4. The highest BCUT2D eigenvalue weighted by atomic mass is 32.2. The van der Waals surface area contributed by atoms with Crippen LogP contribution in [-0.4, -0.2) is 23.4 Å². The second-order valence-corrected chi connectivity index (χ2v) is 7.92. The van der Waals surface area contributed by atoms with E-state index in [0.717, 1.165) is 14.8 Å². The Balaban J connectivity index is 2.40. The lowest BCUT2D eigenvalue weighted by molar-refractivity contribution is 0.564. The molecule has 128 valence electrons. The van der Waals surface area contributed by atoms with Crippen molar-refractivity contribution in [2.45, 2.75) is 9.79 Å². The van der Waals surface area contributed by atoms with Crippen LogP contribution >= 0.6 is 11.8 Å². The molecule has 0 aliphatic heterocycles. The third-order valence-electron chi connectivity index (χ3n) is 3.10. The van der Waals surface area contributed by atoms with Gasteiger partial charge in [-0.2, -0.15) is 0 Å². The Kier molecular flexibility index (Phi) is 6.19. The van der Waals surface area contributed by atoms with Gasteiger partial charge in [0.2, 0.25) is 10.0 Å². The predicted octanol–water partition coefficient (Wildman–Crippen LogP) is 2.67. The Hall–Kier alpha value is -1.65. The quantitative estimate of drug-likeness (QED) is 0.589. The minimum absolute atomic E-state index is 0.0258. The number of hydrogen-bond donors (Lipinski definition) is 2. The molecule has 0 aliphatic carbocycles. The Bertz CT molecular complexity index is 865. The molecule has 0 spiro atoms. The van der Waals surface area contributed by atoms with Crippen LogP contribution < -0.4 is 9.44 Å². The molecule has 0 bridgehead atoms. The van der Waals surface area contributed by atoms with Gasteiger partial charge in [-0.05, 0) is 42.2 Å². The summed E-state index contributed by atoms with van der Waals surface area (Å²) in [6.07, 6.45) is 4.91. The maximum atomic E-state index is 11.7. The van der Waals surface area contributed by atoms with Gasteiger partial charge in [-0.15, -0.1) is 11.8 Å². The minimum Gasteiger partial charge on any atom is -0.289 e. The van der Waals surface area contributed by atoms with Crippen LogP contribution in [0.1, 0.15) is 5.56 Å². The monoisotopic (exact) mass is 384 g/mol. The van der Waals surface area contributed by atoms with Gasteiger partial charge in [0.25, 0.3) is 11.3 Å². The summed E-state index contributed by atoms with van der Waals surface area (Å²) in [5.41, 5.74) is 0.828. The van der Waals surface area contributed by atoms with Crippen LogP contribution in [0.4, 0.5) is 5.69 Å². The van der Waals surface area contributed by atoms with Crippen LogP contribution in [0.2, 0.25) is 0 Å². The van der Waals surface area contributed by atoms with Crippen molar-refractivity contribution in [3.05, 3.63) is 60.3 Å². The molecule has 0 aliphatic rings. The fourth-order valence-electron chi connectivity index (χ4n) is 1.97. The molecule has 1 atom stereocenters. The van der Waals surface area contributed by atoms with Crippen LogP contribution in [-0.2, 0) is 21.3 Å². The van der Waals surface area contributed by atoms with Crippen molar-refractivity contribution in [1.29, 1.82) is 0 Å². The van der Waals surface area contributed by atoms with E-state index >= 15 is 0 Å². The Labute approximate surface area is 147 Å². The van der Waals surface area contributed by atoms with E-state index in [1.807, 2.05) is 30.5 Å². The van der Waals surface area contributed by atoms with E-state index in [9.17, 15) is 17.2 Å². The average Bonchev–Trinajstić information content (AvgIpc) is 2.55. The first-order valence-electron chi connectivity index (χ1n) is 6.67. The number of para-hydroxylation sites is 1. The third kappa shape index (κ3) is 4.68. The average molecular weight is 385 g/mol. The molecular weight excluding hydrogens is 368 g/mol. The maximum absolute atomic E-state index is 11.7. The zero-order chi connectivity index (χ0) is 17.7. The number of sulfonamides is 1. The van der Waals surface area contributed by atoms with Crippen molar-refractivity contribution in [2.75, 3.05) is 10.6 Å². The van der Waals surface area contributed by atoms with Gasteiger partial charge in [0.05, 0.1) is 5.69 Å². The topological polar surface area (TPSA) is 101 Å². The molecule has 0 fully saturated rings. The van der Waals surface area contributed by atoms with E-state index in [1.165, 1.54) is 24.4 Å². The van der Waals surface area contributed by atoms with Crippen LogP contribution in [0.5, 0.6) is 0 Å². The van der Waals surface area contributed by atoms with Crippen molar-refractivity contribution >= 4 is 44.8 Å². The molecule has 9 heteroatoms. The number of benzene rings is 2. The minimum atomic E-state index is -4.03. The molecule has 2 aromatic rings. The lowest BCUT2D eigenvalue weighted by Gasteiger charge is -2.18. The predicted molar refractivity (Wildman–Crippen MR) is 98.3 cm³/mol. The van der Waals surface area contributed by atoms with Crippen molar-refractivity contribution in [3.8, 4) is 0 Å². The summed E-state index contributed by atoms with van der Waals surface area (Å²) in [6, 6.07) is 13.3. The standard InChI is InChI=1S/C15H16N2O4S3/c1-22-13-8-6-12(7-9-13)10-11-17(23(18)19)14-4-2-3-5-15(14)24(16,20)21/h2-11H,1H3,(H,18,19)(H2,16,20,21). The molecule has 0 aromatic heterocycles. The number of rotatable bonds is 6. The smallest absolute Gasteiger partial charge is 0.266 e. The fourth-order valence-corrected chi connectivity index (χ4v) is 3.65. The highest BCUT2D eigenvalue weighted by molar-refractivity contribution is 7.98. The van der Waals surface area contributed by atoms with Crippen molar-refractivity contribution in [1.82, 2.24) is 0 Å². The summed E-state index contributed by atoms with van der Waals surface area (Å²) in [7, 11) is -4.03. The molecule has 1 unspecified atom stereocenters. The summed E-state index contributed by atoms with van der Waals surface area (Å²) < 4.78 is 45.4. The van der Waals surface area contributed by atoms with Crippen LogP contribution in [0.15, 0.2) is 64.5 Å². The van der Waals surface area contributed by atoms with Gasteiger partial charge >= 0.3 is 0 Å². The van der Waals surface area contributed by atoms with Crippen molar-refractivity contribution in [3.63, 3.8) is 0 Å². The number of anilines is 1. The fraction of sp³-hybridized carbons (Fsp3) is 0.0667. The molecular formula is C15H16N2O4S3. The van der Waals surface area contributed by atoms with E-state index in [2.05, 4.69) is 0 Å². The lowest BCUT2D eigenvalue weighted by atomic mass is 10.2. The number of nitrogens with two attached hydrogens (primary N) is 1. The Morgan fingerprint density at radius 1 is 1.17 bits per heavy atom. The summed E-state index contributed by atoms with van der Waals surface area (Å²) in [4.78, 5) is 0.865. The second kappa shape index (κ2) is 7.95. The molecule has 0 radical (unpaired) electrons. The molecule has 0 amide bonds. The molecule has 24 heavy (non-hydrogen) atoms. The number of thioether (sulfide) groups is 1. The second-order valence-electron chi connectivity index (χ2n) is 4.66. The van der Waals surface area contributed by atoms with E-state index in [-0.39, 0.29) is 10.6 Å². The normalized spacial score (nSPS) is 13.1. The summed E-state index contributed by atoms with van der Waals surface area (Å²) in [5.74, 6) is 0. The van der Waals surface area contributed by atoms with Crippen molar-refractivity contribution < 1.29 is 17.2 Å². The SMILES string of the molecule is CSc1ccc(C=CN(c2ccccc2S(N)(=O)=O)S(=O)O)cc1. The summed E-state index contributed by atoms with van der Waals surface area (Å²) >= 11 is -0.852. The van der Waals surface area contributed by atoms with E-state index < -0.39 is 21.3 Å². The highest BCUT2D eigenvalue weighted by Crippen LogP contribution is 2.26. The van der Waals surface area contributed by atoms with Gasteiger partial charge in [-0.1, -0.05) is 24.3 Å². The zero-order valence-corrected chi connectivity index (χ0v) is 15.1. The molecule has 0 heterocycles. The van der Waals surface area contributed by atoms with Gasteiger partial charge in [0.15, 0.2) is 0 Å². The van der Waals surface area contributed by atoms with Crippen LogP contribution in [0.25, 0.3) is 6.08 Å². The molecule has 6 nitrogen and oxygen atoms in total. The molecule has 2 aromatic carbocycles. The van der Waals surface area contributed by atoms with Crippen LogP contribution in [0.3, 0.4) is 0 Å². The number of nitrogens with zero attached hydrogens (tertiary/aromatic N) is 1. The number of primary sulfonamides is 1. The van der Waals surface area contributed by atoms with Gasteiger partial charge in [-0.3, -0.25) is 4.55 Å². The first kappa shape index (κ1) is 18.7. The van der Waals surface area contributed by atoms with Gasteiger partial charge in [0, 0.05) is 11.1 Å². The lowest BCUT2D eigenvalue weighted by Crippen LogP contribution is -2.22. The van der Waals surface area contributed by atoms with Gasteiger partial charge < -0.3 is 0 Å². The highest BCUT2D eigenvalue weighted by Gasteiger charge is 2.20. The van der Waals surface area contributed by atoms with Gasteiger partial charge in [0.1, 0.15) is 4.90 Å².